The van der Waals surface area contributed by atoms with Crippen molar-refractivity contribution in [2.24, 2.45) is 5.10 Å². The Morgan fingerprint density at radius 1 is 0.921 bits per heavy atom. The van der Waals surface area contributed by atoms with Gasteiger partial charge in [-0.15, -0.1) is 5.10 Å². The molecule has 0 unspecified atom stereocenters. The van der Waals surface area contributed by atoms with Crippen LogP contribution in [0.2, 0.25) is 15.1 Å². The average Bonchev–Trinajstić information content (AvgIpc) is 3.32. The van der Waals surface area contributed by atoms with E-state index in [4.69, 9.17) is 53.8 Å². The number of hydrazone groups is 1. The molecule has 0 N–H and O–H groups in total. The van der Waals surface area contributed by atoms with Crippen LogP contribution in [-0.4, -0.2) is 42.2 Å². The molecule has 1 atom stereocenters. The van der Waals surface area contributed by atoms with Gasteiger partial charge in [-0.25, -0.2) is 0 Å². The van der Waals surface area contributed by atoms with Crippen LogP contribution in [0.25, 0.3) is 0 Å². The van der Waals surface area contributed by atoms with Crippen molar-refractivity contribution in [3.63, 3.8) is 0 Å². The molecule has 4 rings (SSSR count). The predicted molar refractivity (Wildman–Crippen MR) is 144 cm³/mol. The Morgan fingerprint density at radius 2 is 1.61 bits per heavy atom. The lowest BCUT2D eigenvalue weighted by atomic mass is 10.2. The van der Waals surface area contributed by atoms with E-state index in [-0.39, 0.29) is 24.8 Å². The second-order valence-corrected chi connectivity index (χ2v) is 9.41. The van der Waals surface area contributed by atoms with Crippen LogP contribution in [0, 0.1) is 0 Å². The zero-order valence-electron chi connectivity index (χ0n) is 20.2. The summed E-state index contributed by atoms with van der Waals surface area (Å²) in [5.74, 6) is 1.00. The molecular formula is C27H23Cl3N2O6. The monoisotopic (exact) mass is 576 g/mol. The van der Waals surface area contributed by atoms with E-state index in [2.05, 4.69) is 5.10 Å². The quantitative estimate of drug-likeness (QED) is 0.158. The Hall–Kier alpha value is -3.46. The summed E-state index contributed by atoms with van der Waals surface area (Å²) >= 11 is 17.8. The van der Waals surface area contributed by atoms with Crippen LogP contribution in [0.4, 0.5) is 0 Å². The summed E-state index contributed by atoms with van der Waals surface area (Å²) < 4.78 is 22.6. The summed E-state index contributed by atoms with van der Waals surface area (Å²) in [5.41, 5.74) is 0.610. The average molecular weight is 578 g/mol. The lowest BCUT2D eigenvalue weighted by Crippen LogP contribution is -2.36. The Labute approximate surface area is 234 Å². The van der Waals surface area contributed by atoms with Crippen molar-refractivity contribution in [3.05, 3.63) is 87.4 Å². The van der Waals surface area contributed by atoms with Crippen molar-refractivity contribution in [3.8, 4) is 17.2 Å². The minimum absolute atomic E-state index is 0.0673. The van der Waals surface area contributed by atoms with Gasteiger partial charge in [0.2, 0.25) is 18.0 Å². The molecule has 38 heavy (non-hydrogen) atoms. The van der Waals surface area contributed by atoms with Gasteiger partial charge in [-0.05, 0) is 73.2 Å². The summed E-state index contributed by atoms with van der Waals surface area (Å²) in [6.45, 7) is 1.75. The van der Waals surface area contributed by atoms with E-state index >= 15 is 0 Å². The number of rotatable bonds is 10. The first kappa shape index (κ1) is 27.6. The minimum atomic E-state index is -0.736. The van der Waals surface area contributed by atoms with Gasteiger partial charge in [0, 0.05) is 29.0 Å². The lowest BCUT2D eigenvalue weighted by Gasteiger charge is -2.19. The Kier molecular flexibility index (Phi) is 9.33. The second-order valence-electron chi connectivity index (χ2n) is 8.13. The van der Waals surface area contributed by atoms with Gasteiger partial charge >= 0.3 is 5.97 Å². The normalized spacial score (nSPS) is 14.5. The third kappa shape index (κ3) is 7.54. The standard InChI is InChI=1S/C27H23Cl3N2O6/c1-17(33)32-25(16-36-21-11-6-19(28)7-12-21)38-27(31-32)18-4-9-22(10-5-18)37-26(34)3-2-14-35-24-13-8-20(29)15-23(24)30/h4-13,15,25H,2-3,14,16H2,1H3/t25-/m1/s1. The van der Waals surface area contributed by atoms with Crippen LogP contribution in [0.15, 0.2) is 71.8 Å². The molecule has 1 amide bonds. The molecule has 1 aliphatic heterocycles. The number of hydrogen-bond acceptors (Lipinski definition) is 7. The minimum Gasteiger partial charge on any atom is -0.492 e. The molecule has 0 spiro atoms. The molecule has 0 fully saturated rings. The zero-order valence-corrected chi connectivity index (χ0v) is 22.5. The number of benzene rings is 3. The molecule has 3 aromatic carbocycles. The summed E-state index contributed by atoms with van der Waals surface area (Å²) in [6.07, 6.45) is -0.132. The highest BCUT2D eigenvalue weighted by Crippen LogP contribution is 2.28. The number of halogens is 3. The van der Waals surface area contributed by atoms with E-state index in [1.54, 1.807) is 66.7 Å². The number of esters is 1. The van der Waals surface area contributed by atoms with Gasteiger partial charge in [-0.1, -0.05) is 34.8 Å². The summed E-state index contributed by atoms with van der Waals surface area (Å²) in [7, 11) is 0. The van der Waals surface area contributed by atoms with Crippen LogP contribution < -0.4 is 14.2 Å². The van der Waals surface area contributed by atoms with Crippen molar-refractivity contribution >= 4 is 52.6 Å². The topological polar surface area (TPSA) is 86.7 Å². The van der Waals surface area contributed by atoms with Crippen LogP contribution >= 0.6 is 34.8 Å². The number of amides is 1. The number of ether oxygens (including phenoxy) is 4. The molecule has 11 heteroatoms. The van der Waals surface area contributed by atoms with Crippen molar-refractivity contribution in [2.75, 3.05) is 13.2 Å². The fraction of sp³-hybridized carbons (Fsp3) is 0.222. The number of carbonyl (C=O) groups excluding carboxylic acids is 2. The van der Waals surface area contributed by atoms with Crippen molar-refractivity contribution < 1.29 is 28.5 Å². The van der Waals surface area contributed by atoms with Gasteiger partial charge in [0.05, 0.1) is 11.6 Å². The second kappa shape index (κ2) is 12.9. The number of nitrogens with zero attached hydrogens (tertiary/aromatic N) is 2. The highest BCUT2D eigenvalue weighted by atomic mass is 35.5. The number of hydrogen-bond donors (Lipinski definition) is 0. The maximum absolute atomic E-state index is 12.2. The van der Waals surface area contributed by atoms with Crippen molar-refractivity contribution in [2.45, 2.75) is 26.0 Å². The molecule has 0 aliphatic carbocycles. The molecule has 1 aliphatic rings. The van der Waals surface area contributed by atoms with E-state index in [9.17, 15) is 9.59 Å². The summed E-state index contributed by atoms with van der Waals surface area (Å²) in [5, 5.41) is 7.01. The van der Waals surface area contributed by atoms with Gasteiger partial charge in [-0.3, -0.25) is 9.59 Å². The molecule has 198 valence electrons. The maximum atomic E-state index is 12.2. The smallest absolute Gasteiger partial charge is 0.311 e. The largest absolute Gasteiger partial charge is 0.492 e. The predicted octanol–water partition coefficient (Wildman–Crippen LogP) is 6.36. The van der Waals surface area contributed by atoms with Crippen LogP contribution in [0.1, 0.15) is 25.3 Å². The molecule has 0 radical (unpaired) electrons. The Bertz CT molecular complexity index is 1320. The fourth-order valence-electron chi connectivity index (χ4n) is 3.41. The van der Waals surface area contributed by atoms with Crippen molar-refractivity contribution in [1.29, 1.82) is 0 Å². The highest BCUT2D eigenvalue weighted by molar-refractivity contribution is 6.35. The third-order valence-corrected chi connectivity index (χ3v) is 6.04. The third-order valence-electron chi connectivity index (χ3n) is 5.26. The Balaban J connectivity index is 1.26. The molecule has 3 aromatic rings. The highest BCUT2D eigenvalue weighted by Gasteiger charge is 2.32. The molecule has 1 heterocycles. The van der Waals surface area contributed by atoms with Gasteiger partial charge in [0.15, 0.2) is 0 Å². The molecule has 0 saturated heterocycles. The molecule has 0 aromatic heterocycles. The lowest BCUT2D eigenvalue weighted by molar-refractivity contribution is -0.136. The fourth-order valence-corrected chi connectivity index (χ4v) is 3.99. The van der Waals surface area contributed by atoms with E-state index in [0.29, 0.717) is 50.9 Å². The van der Waals surface area contributed by atoms with Gasteiger partial charge in [-0.2, -0.15) is 5.01 Å². The number of carbonyl (C=O) groups is 2. The SMILES string of the molecule is CC(=O)N1N=C(c2ccc(OC(=O)CCCOc3ccc(Cl)cc3Cl)cc2)O[C@@H]1COc1ccc(Cl)cc1. The van der Waals surface area contributed by atoms with E-state index in [1.165, 1.54) is 11.9 Å². The molecule has 0 bridgehead atoms. The van der Waals surface area contributed by atoms with E-state index in [0.717, 1.165) is 0 Å². The Morgan fingerprint density at radius 3 is 2.29 bits per heavy atom. The van der Waals surface area contributed by atoms with Crippen LogP contribution in [-0.2, 0) is 14.3 Å². The van der Waals surface area contributed by atoms with E-state index < -0.39 is 12.2 Å². The first-order chi connectivity index (χ1) is 18.3. The molecule has 8 nitrogen and oxygen atoms in total. The van der Waals surface area contributed by atoms with Gasteiger partial charge in [0.1, 0.15) is 23.9 Å². The van der Waals surface area contributed by atoms with Crippen LogP contribution in [0.3, 0.4) is 0 Å². The molecular weight excluding hydrogens is 555 g/mol. The molecule has 0 saturated carbocycles. The zero-order chi connectivity index (χ0) is 27.1. The van der Waals surface area contributed by atoms with Gasteiger partial charge < -0.3 is 18.9 Å². The maximum Gasteiger partial charge on any atom is 0.311 e. The van der Waals surface area contributed by atoms with E-state index in [1.807, 2.05) is 0 Å². The summed E-state index contributed by atoms with van der Waals surface area (Å²) in [6, 6.07) is 18.4. The van der Waals surface area contributed by atoms with Crippen molar-refractivity contribution in [1.82, 2.24) is 5.01 Å². The summed E-state index contributed by atoms with van der Waals surface area (Å²) in [4.78, 5) is 24.3. The van der Waals surface area contributed by atoms with Gasteiger partial charge in [0.25, 0.3) is 0 Å². The first-order valence-corrected chi connectivity index (χ1v) is 12.7. The first-order valence-electron chi connectivity index (χ1n) is 11.6. The van der Waals surface area contributed by atoms with Crippen LogP contribution in [0.5, 0.6) is 17.2 Å².